The van der Waals surface area contributed by atoms with E-state index in [1.807, 2.05) is 0 Å². The van der Waals surface area contributed by atoms with Gasteiger partial charge in [0, 0.05) is 22.5 Å². The molecule has 0 bridgehead atoms. The van der Waals surface area contributed by atoms with Crippen molar-refractivity contribution in [3.8, 4) is 55.6 Å². The summed E-state index contributed by atoms with van der Waals surface area (Å²) in [6, 6.07) is 82.2. The summed E-state index contributed by atoms with van der Waals surface area (Å²) in [5.74, 6) is 0. The smallest absolute Gasteiger partial charge is 0.0468 e. The Morgan fingerprint density at radius 3 is 1.55 bits per heavy atom. The van der Waals surface area contributed by atoms with Crippen LogP contribution in [0.15, 0.2) is 224 Å². The van der Waals surface area contributed by atoms with E-state index in [9.17, 15) is 0 Å². The highest BCUT2D eigenvalue weighted by molar-refractivity contribution is 5.98. The lowest BCUT2D eigenvalue weighted by atomic mass is 9.81. The fourth-order valence-electron chi connectivity index (χ4n) is 9.53. The minimum absolute atomic E-state index is 0.0607. The second-order valence-corrected chi connectivity index (χ2v) is 16.5. The summed E-state index contributed by atoms with van der Waals surface area (Å²) >= 11 is 0. The highest BCUT2D eigenvalue weighted by Crippen LogP contribution is 2.53. The van der Waals surface area contributed by atoms with Gasteiger partial charge in [-0.2, -0.15) is 0 Å². The molecule has 0 atom stereocenters. The van der Waals surface area contributed by atoms with Gasteiger partial charge in [-0.1, -0.05) is 196 Å². The number of anilines is 3. The molecule has 0 heterocycles. The molecule has 0 spiro atoms. The molecule has 10 aromatic carbocycles. The van der Waals surface area contributed by atoms with Crippen LogP contribution in [0, 0.1) is 0 Å². The molecule has 0 unspecified atom stereocenters. The number of hydrogen-bond donors (Lipinski definition) is 0. The van der Waals surface area contributed by atoms with Crippen LogP contribution in [0.25, 0.3) is 77.2 Å². The van der Waals surface area contributed by atoms with E-state index in [0.717, 1.165) is 17.1 Å². The van der Waals surface area contributed by atoms with Gasteiger partial charge in [0.1, 0.15) is 0 Å². The van der Waals surface area contributed by atoms with Gasteiger partial charge in [-0.3, -0.25) is 0 Å². The van der Waals surface area contributed by atoms with E-state index in [4.69, 9.17) is 0 Å². The Hall–Kier alpha value is -7.48. The van der Waals surface area contributed by atoms with Crippen LogP contribution in [0.3, 0.4) is 0 Å². The molecule has 1 nitrogen and oxygen atoms in total. The monoisotopic (exact) mass is 765 g/mol. The average molecular weight is 766 g/mol. The largest absolute Gasteiger partial charge is 0.310 e. The Labute approximate surface area is 352 Å². The van der Waals surface area contributed by atoms with Crippen molar-refractivity contribution in [1.29, 1.82) is 0 Å². The molecular weight excluding hydrogens is 723 g/mol. The number of hydrogen-bond acceptors (Lipinski definition) is 1. The maximum absolute atomic E-state index is 2.41. The van der Waals surface area contributed by atoms with Gasteiger partial charge < -0.3 is 4.90 Å². The lowest BCUT2D eigenvalue weighted by Gasteiger charge is -2.26. The third-order valence-electron chi connectivity index (χ3n) is 12.7. The Bertz CT molecular complexity index is 3190. The van der Waals surface area contributed by atoms with Crippen LogP contribution in [0.5, 0.6) is 0 Å². The number of fused-ring (bicyclic) bond motifs is 5. The van der Waals surface area contributed by atoms with Crippen LogP contribution in [-0.4, -0.2) is 0 Å². The van der Waals surface area contributed by atoms with E-state index < -0.39 is 0 Å². The summed E-state index contributed by atoms with van der Waals surface area (Å²) in [4.78, 5) is 2.36. The molecule has 10 aromatic rings. The lowest BCUT2D eigenvalue weighted by molar-refractivity contribution is 0.660. The molecule has 0 aliphatic heterocycles. The van der Waals surface area contributed by atoms with Crippen LogP contribution in [0.2, 0.25) is 0 Å². The molecule has 0 aromatic heterocycles. The van der Waals surface area contributed by atoms with E-state index in [1.165, 1.54) is 88.3 Å². The summed E-state index contributed by atoms with van der Waals surface area (Å²) in [5, 5.41) is 4.97. The maximum Gasteiger partial charge on any atom is 0.0468 e. The van der Waals surface area contributed by atoms with Crippen LogP contribution in [0.4, 0.5) is 17.1 Å². The zero-order valence-corrected chi connectivity index (χ0v) is 33.8. The minimum Gasteiger partial charge on any atom is -0.310 e. The zero-order chi connectivity index (χ0) is 40.2. The highest BCUT2D eigenvalue weighted by atomic mass is 15.1. The summed E-state index contributed by atoms with van der Waals surface area (Å²) in [5.41, 5.74) is 18.6. The minimum atomic E-state index is -0.0607. The third-order valence-corrected chi connectivity index (χ3v) is 12.7. The highest BCUT2D eigenvalue weighted by Gasteiger charge is 2.37. The first-order valence-electron chi connectivity index (χ1n) is 20.9. The lowest BCUT2D eigenvalue weighted by Crippen LogP contribution is -2.14. The van der Waals surface area contributed by atoms with E-state index >= 15 is 0 Å². The fourth-order valence-corrected chi connectivity index (χ4v) is 9.53. The van der Waals surface area contributed by atoms with Gasteiger partial charge in [-0.25, -0.2) is 0 Å². The van der Waals surface area contributed by atoms with Crippen molar-refractivity contribution in [3.63, 3.8) is 0 Å². The van der Waals surface area contributed by atoms with E-state index in [2.05, 4.69) is 243 Å². The van der Waals surface area contributed by atoms with Crippen molar-refractivity contribution in [2.45, 2.75) is 19.3 Å². The molecule has 0 amide bonds. The van der Waals surface area contributed by atoms with E-state index in [0.29, 0.717) is 0 Å². The Kier molecular flexibility index (Phi) is 8.57. The van der Waals surface area contributed by atoms with Crippen molar-refractivity contribution in [1.82, 2.24) is 0 Å². The fraction of sp³-hybridized carbons (Fsp3) is 0.0508. The van der Waals surface area contributed by atoms with Crippen molar-refractivity contribution in [2.24, 2.45) is 0 Å². The topological polar surface area (TPSA) is 3.24 Å². The van der Waals surface area contributed by atoms with E-state index in [1.54, 1.807) is 0 Å². The van der Waals surface area contributed by atoms with Gasteiger partial charge in [0.2, 0.25) is 0 Å². The molecule has 60 heavy (non-hydrogen) atoms. The molecule has 284 valence electrons. The van der Waals surface area contributed by atoms with E-state index in [-0.39, 0.29) is 5.41 Å². The number of rotatable bonds is 7. The summed E-state index contributed by atoms with van der Waals surface area (Å²) in [6.45, 7) is 4.71. The Morgan fingerprint density at radius 1 is 0.300 bits per heavy atom. The predicted molar refractivity (Wildman–Crippen MR) is 255 cm³/mol. The van der Waals surface area contributed by atoms with Gasteiger partial charge >= 0.3 is 0 Å². The average Bonchev–Trinajstić information content (AvgIpc) is 3.55. The standard InChI is InChI=1S/C59H43N/c1-59(2)56-37-31-48(39-55(56)58-54(20-11-21-57(58)59)45-13-4-3-5-14-45)43-24-22-41(23-25-43)42-26-32-49(33-27-42)60(51-36-28-40-12-6-7-16-47(40)38-51)50-34-29-46(30-35-50)53-19-10-17-44-15-8-9-18-52(44)53/h3-39H,1-2H3. The van der Waals surface area contributed by atoms with Crippen molar-refractivity contribution >= 4 is 38.6 Å². The van der Waals surface area contributed by atoms with Crippen LogP contribution < -0.4 is 4.90 Å². The SMILES string of the molecule is CC1(C)c2ccc(-c3ccc(-c4ccc(N(c5ccc(-c6cccc7ccccc67)cc5)c5ccc6ccccc6c5)cc4)cc3)cc2-c2c(-c3ccccc3)cccc21. The van der Waals surface area contributed by atoms with Crippen LogP contribution in [-0.2, 0) is 5.41 Å². The maximum atomic E-state index is 2.41. The molecule has 11 rings (SSSR count). The molecule has 0 N–H and O–H groups in total. The molecular formula is C59H43N. The summed E-state index contributed by atoms with van der Waals surface area (Å²) in [7, 11) is 0. The molecule has 0 saturated heterocycles. The number of nitrogens with zero attached hydrogens (tertiary/aromatic N) is 1. The zero-order valence-electron chi connectivity index (χ0n) is 33.8. The van der Waals surface area contributed by atoms with Crippen molar-refractivity contribution in [3.05, 3.63) is 236 Å². The van der Waals surface area contributed by atoms with Crippen molar-refractivity contribution in [2.75, 3.05) is 4.90 Å². The molecule has 1 aliphatic rings. The van der Waals surface area contributed by atoms with Gasteiger partial charge in [0.25, 0.3) is 0 Å². The first kappa shape index (κ1) is 35.7. The van der Waals surface area contributed by atoms with Gasteiger partial charge in [0.05, 0.1) is 0 Å². The van der Waals surface area contributed by atoms with Crippen LogP contribution >= 0.6 is 0 Å². The normalized spacial score (nSPS) is 12.6. The Morgan fingerprint density at radius 2 is 0.817 bits per heavy atom. The van der Waals surface area contributed by atoms with Gasteiger partial charge in [0.15, 0.2) is 0 Å². The second kappa shape index (κ2) is 14.4. The molecule has 1 aliphatic carbocycles. The van der Waals surface area contributed by atoms with Crippen molar-refractivity contribution < 1.29 is 0 Å². The molecule has 1 heteroatoms. The quantitative estimate of drug-likeness (QED) is 0.156. The predicted octanol–water partition coefficient (Wildman–Crippen LogP) is 16.4. The first-order chi connectivity index (χ1) is 29.5. The molecule has 0 fully saturated rings. The molecule has 0 radical (unpaired) electrons. The molecule has 0 saturated carbocycles. The summed E-state index contributed by atoms with van der Waals surface area (Å²) < 4.78 is 0. The number of benzene rings is 10. The van der Waals surface area contributed by atoms with Crippen LogP contribution in [0.1, 0.15) is 25.0 Å². The van der Waals surface area contributed by atoms with Gasteiger partial charge in [-0.05, 0) is 131 Å². The summed E-state index contributed by atoms with van der Waals surface area (Å²) in [6.07, 6.45) is 0. The second-order valence-electron chi connectivity index (χ2n) is 16.5. The van der Waals surface area contributed by atoms with Gasteiger partial charge in [-0.15, -0.1) is 0 Å². The third kappa shape index (κ3) is 6.10. The first-order valence-corrected chi connectivity index (χ1v) is 20.9. The Balaban J connectivity index is 0.917.